The van der Waals surface area contributed by atoms with Gasteiger partial charge < -0.3 is 19.5 Å². The molecule has 0 saturated heterocycles. The maximum atomic E-state index is 13.3. The van der Waals surface area contributed by atoms with E-state index in [9.17, 15) is 9.90 Å². The number of amides is 1. The standard InChI is InChI=1S/C26H24BrNO4/c1-16-8-10-17(11-9-16)23-24(20-6-4-5-7-21(20)27)28(26(30)25(23)29)15-18-12-13-19(31-2)14-22(18)32-3/h4-14,24,29H,15H2,1-3H3. The number of halogens is 1. The summed E-state index contributed by atoms with van der Waals surface area (Å²) in [5, 5.41) is 11.0. The van der Waals surface area contributed by atoms with Crippen LogP contribution in [0, 0.1) is 6.92 Å². The van der Waals surface area contributed by atoms with Gasteiger partial charge in [-0.2, -0.15) is 0 Å². The van der Waals surface area contributed by atoms with Gasteiger partial charge in [-0.1, -0.05) is 64.0 Å². The molecule has 1 unspecified atom stereocenters. The first-order chi connectivity index (χ1) is 15.4. The molecule has 0 saturated carbocycles. The van der Waals surface area contributed by atoms with E-state index in [0.29, 0.717) is 17.1 Å². The molecule has 0 radical (unpaired) electrons. The van der Waals surface area contributed by atoms with Crippen LogP contribution in [-0.4, -0.2) is 30.1 Å². The van der Waals surface area contributed by atoms with Crippen molar-refractivity contribution in [2.45, 2.75) is 19.5 Å². The van der Waals surface area contributed by atoms with E-state index < -0.39 is 11.9 Å². The summed E-state index contributed by atoms with van der Waals surface area (Å²) in [6.07, 6.45) is 0. The van der Waals surface area contributed by atoms with Gasteiger partial charge in [0.15, 0.2) is 5.76 Å². The third kappa shape index (κ3) is 3.98. The molecule has 1 amide bonds. The summed E-state index contributed by atoms with van der Waals surface area (Å²) in [6.45, 7) is 2.27. The number of aryl methyl sites for hydroxylation is 1. The van der Waals surface area contributed by atoms with E-state index in [2.05, 4.69) is 15.9 Å². The molecule has 3 aromatic carbocycles. The molecule has 5 nitrogen and oxygen atoms in total. The van der Waals surface area contributed by atoms with Gasteiger partial charge in [-0.15, -0.1) is 0 Å². The Kier molecular flexibility index (Phi) is 6.24. The van der Waals surface area contributed by atoms with Gasteiger partial charge in [-0.3, -0.25) is 4.79 Å². The lowest BCUT2D eigenvalue weighted by Crippen LogP contribution is -2.30. The van der Waals surface area contributed by atoms with Crippen molar-refractivity contribution in [1.82, 2.24) is 4.90 Å². The van der Waals surface area contributed by atoms with E-state index in [4.69, 9.17) is 9.47 Å². The first kappa shape index (κ1) is 22.0. The van der Waals surface area contributed by atoms with Gasteiger partial charge in [-0.05, 0) is 36.2 Å². The van der Waals surface area contributed by atoms with Gasteiger partial charge in [-0.25, -0.2) is 0 Å². The number of hydrogen-bond acceptors (Lipinski definition) is 4. The topological polar surface area (TPSA) is 59.0 Å². The minimum Gasteiger partial charge on any atom is -0.503 e. The van der Waals surface area contributed by atoms with Gasteiger partial charge in [0.05, 0.1) is 26.8 Å². The minimum atomic E-state index is -0.465. The highest BCUT2D eigenvalue weighted by Gasteiger charge is 2.42. The molecule has 3 aromatic rings. The highest BCUT2D eigenvalue weighted by atomic mass is 79.9. The molecular formula is C26H24BrNO4. The van der Waals surface area contributed by atoms with Crippen molar-refractivity contribution in [2.24, 2.45) is 0 Å². The Hall–Kier alpha value is -3.25. The van der Waals surface area contributed by atoms with Gasteiger partial charge in [0.25, 0.3) is 5.91 Å². The van der Waals surface area contributed by atoms with Crippen molar-refractivity contribution in [2.75, 3.05) is 14.2 Å². The summed E-state index contributed by atoms with van der Waals surface area (Å²) < 4.78 is 11.7. The highest BCUT2D eigenvalue weighted by molar-refractivity contribution is 9.10. The quantitative estimate of drug-likeness (QED) is 0.469. The molecule has 4 rings (SSSR count). The Labute approximate surface area is 196 Å². The van der Waals surface area contributed by atoms with Gasteiger partial charge in [0.2, 0.25) is 0 Å². The van der Waals surface area contributed by atoms with Crippen LogP contribution >= 0.6 is 15.9 Å². The summed E-state index contributed by atoms with van der Waals surface area (Å²) in [5.74, 6) is 0.634. The fraction of sp³-hybridized carbons (Fsp3) is 0.192. The summed E-state index contributed by atoms with van der Waals surface area (Å²) in [6, 6.07) is 20.6. The maximum absolute atomic E-state index is 13.3. The lowest BCUT2D eigenvalue weighted by molar-refractivity contribution is -0.130. The summed E-state index contributed by atoms with van der Waals surface area (Å²) in [4.78, 5) is 15.0. The second kappa shape index (κ2) is 9.09. The van der Waals surface area contributed by atoms with Crippen LogP contribution in [0.1, 0.15) is 28.3 Å². The first-order valence-electron chi connectivity index (χ1n) is 10.2. The van der Waals surface area contributed by atoms with Crippen molar-refractivity contribution < 1.29 is 19.4 Å². The van der Waals surface area contributed by atoms with Crippen LogP contribution in [0.25, 0.3) is 5.57 Å². The monoisotopic (exact) mass is 493 g/mol. The van der Waals surface area contributed by atoms with Crippen LogP contribution in [0.4, 0.5) is 0 Å². The number of benzene rings is 3. The smallest absolute Gasteiger partial charge is 0.290 e. The van der Waals surface area contributed by atoms with Gasteiger partial charge in [0, 0.05) is 21.7 Å². The molecule has 1 N–H and O–H groups in total. The number of aliphatic hydroxyl groups excluding tert-OH is 1. The Morgan fingerprint density at radius 2 is 1.72 bits per heavy atom. The molecule has 0 aliphatic carbocycles. The predicted octanol–water partition coefficient (Wildman–Crippen LogP) is 5.83. The summed E-state index contributed by atoms with van der Waals surface area (Å²) >= 11 is 3.63. The van der Waals surface area contributed by atoms with Crippen LogP contribution in [-0.2, 0) is 11.3 Å². The van der Waals surface area contributed by atoms with Gasteiger partial charge in [0.1, 0.15) is 11.5 Å². The lowest BCUT2D eigenvalue weighted by atomic mass is 9.93. The largest absolute Gasteiger partial charge is 0.503 e. The second-order valence-electron chi connectivity index (χ2n) is 7.66. The molecule has 32 heavy (non-hydrogen) atoms. The van der Waals surface area contributed by atoms with E-state index in [1.165, 1.54) is 0 Å². The molecule has 0 spiro atoms. The van der Waals surface area contributed by atoms with Gasteiger partial charge >= 0.3 is 0 Å². The zero-order chi connectivity index (χ0) is 22.8. The Morgan fingerprint density at radius 1 is 1.00 bits per heavy atom. The molecule has 0 bridgehead atoms. The molecular weight excluding hydrogens is 470 g/mol. The Morgan fingerprint density at radius 3 is 2.38 bits per heavy atom. The number of rotatable bonds is 6. The molecule has 1 aliphatic rings. The number of methoxy groups -OCH3 is 2. The third-order valence-electron chi connectivity index (χ3n) is 5.70. The van der Waals surface area contributed by atoms with E-state index in [1.54, 1.807) is 25.2 Å². The van der Waals surface area contributed by atoms with Crippen LogP contribution in [0.15, 0.2) is 77.0 Å². The fourth-order valence-electron chi connectivity index (χ4n) is 4.03. The van der Waals surface area contributed by atoms with Crippen LogP contribution in [0.3, 0.4) is 0 Å². The first-order valence-corrected chi connectivity index (χ1v) is 11.0. The number of ether oxygens (including phenoxy) is 2. The van der Waals surface area contributed by atoms with Crippen molar-refractivity contribution in [1.29, 1.82) is 0 Å². The summed E-state index contributed by atoms with van der Waals surface area (Å²) in [5.41, 5.74) is 4.22. The van der Waals surface area contributed by atoms with Crippen molar-refractivity contribution in [3.05, 3.63) is 99.2 Å². The van der Waals surface area contributed by atoms with E-state index in [0.717, 1.165) is 26.7 Å². The molecule has 1 atom stereocenters. The SMILES string of the molecule is COc1ccc(CN2C(=O)C(O)=C(c3ccc(C)cc3)C2c2ccccc2Br)c(OC)c1. The van der Waals surface area contributed by atoms with Crippen LogP contribution < -0.4 is 9.47 Å². The molecule has 0 fully saturated rings. The number of nitrogens with zero attached hydrogens (tertiary/aromatic N) is 1. The molecule has 6 heteroatoms. The van der Waals surface area contributed by atoms with E-state index in [1.807, 2.05) is 67.6 Å². The average molecular weight is 494 g/mol. The lowest BCUT2D eigenvalue weighted by Gasteiger charge is -2.29. The minimum absolute atomic E-state index is 0.234. The summed E-state index contributed by atoms with van der Waals surface area (Å²) in [7, 11) is 3.18. The van der Waals surface area contributed by atoms with E-state index in [-0.39, 0.29) is 12.3 Å². The fourth-order valence-corrected chi connectivity index (χ4v) is 4.53. The third-order valence-corrected chi connectivity index (χ3v) is 6.42. The van der Waals surface area contributed by atoms with Crippen molar-refractivity contribution in [3.8, 4) is 11.5 Å². The number of aliphatic hydroxyl groups is 1. The highest BCUT2D eigenvalue weighted by Crippen LogP contribution is 2.46. The maximum Gasteiger partial charge on any atom is 0.290 e. The van der Waals surface area contributed by atoms with E-state index >= 15 is 0 Å². The normalized spacial score (nSPS) is 15.9. The van der Waals surface area contributed by atoms with Crippen LogP contribution in [0.5, 0.6) is 11.5 Å². The average Bonchev–Trinajstić information content (AvgIpc) is 3.05. The number of carbonyl (C=O) groups excluding carboxylic acids is 1. The zero-order valence-electron chi connectivity index (χ0n) is 18.1. The van der Waals surface area contributed by atoms with Crippen LogP contribution in [0.2, 0.25) is 0 Å². The number of carbonyl (C=O) groups is 1. The molecule has 1 heterocycles. The molecule has 1 aliphatic heterocycles. The molecule has 164 valence electrons. The second-order valence-corrected chi connectivity index (χ2v) is 8.52. The van der Waals surface area contributed by atoms with Crippen molar-refractivity contribution in [3.63, 3.8) is 0 Å². The van der Waals surface area contributed by atoms with Crippen molar-refractivity contribution >= 4 is 27.4 Å². The Bertz CT molecular complexity index is 1190. The Balaban J connectivity index is 1.83. The predicted molar refractivity (Wildman–Crippen MR) is 128 cm³/mol. The zero-order valence-corrected chi connectivity index (χ0v) is 19.7. The number of hydrogen-bond donors (Lipinski definition) is 1. The molecule has 0 aromatic heterocycles.